The van der Waals surface area contributed by atoms with Crippen molar-refractivity contribution >= 4 is 23.5 Å². The average molecular weight is 434 g/mol. The molecule has 1 N–H and O–H groups in total. The van der Waals surface area contributed by atoms with E-state index in [-0.39, 0.29) is 11.5 Å². The van der Waals surface area contributed by atoms with Gasteiger partial charge >= 0.3 is 0 Å². The zero-order chi connectivity index (χ0) is 21.8. The fraction of sp³-hybridized carbons (Fsp3) is 0.0417. The van der Waals surface area contributed by atoms with Crippen LogP contribution < -0.4 is 10.1 Å². The minimum absolute atomic E-state index is 0.0616. The van der Waals surface area contributed by atoms with Gasteiger partial charge in [0.25, 0.3) is 5.91 Å². The van der Waals surface area contributed by atoms with Gasteiger partial charge in [0, 0.05) is 16.1 Å². The highest BCUT2D eigenvalue weighted by atomic mass is 35.5. The van der Waals surface area contributed by atoms with Crippen LogP contribution in [0.2, 0.25) is 5.02 Å². The fourth-order valence-corrected chi connectivity index (χ4v) is 3.12. The zero-order valence-electron chi connectivity index (χ0n) is 16.5. The first-order valence-electron chi connectivity index (χ1n) is 9.39. The predicted octanol–water partition coefficient (Wildman–Crippen LogP) is 5.86. The van der Waals surface area contributed by atoms with Crippen LogP contribution in [0.1, 0.15) is 10.4 Å². The Hall–Kier alpha value is -3.77. The van der Waals surface area contributed by atoms with Crippen molar-refractivity contribution in [2.75, 3.05) is 12.4 Å². The maximum Gasteiger partial charge on any atom is 0.260 e. The molecular formula is C24H17ClFN3O2. The lowest BCUT2D eigenvalue weighted by Gasteiger charge is -2.11. The molecular weight excluding hydrogens is 417 g/mol. The molecule has 1 amide bonds. The number of nitrogens with one attached hydrogen (secondary N) is 1. The number of rotatable bonds is 5. The second-order valence-corrected chi connectivity index (χ2v) is 7.07. The molecule has 5 nitrogen and oxygen atoms in total. The molecule has 0 unspecified atom stereocenters. The molecule has 0 radical (unpaired) electrons. The standard InChI is InChI=1S/C24H17ClFN3O2/c1-31-18-12-8-16(9-13-18)22-14-21(15-6-10-17(25)11-7-15)27-24(28-22)29-23(30)19-4-2-3-5-20(19)26/h2-14H,1H3,(H,27,28,29,30). The van der Waals surface area contributed by atoms with Crippen LogP contribution in [0.15, 0.2) is 78.9 Å². The van der Waals surface area contributed by atoms with Crippen LogP contribution in [-0.2, 0) is 0 Å². The van der Waals surface area contributed by atoms with Gasteiger partial charge in [-0.1, -0.05) is 35.9 Å². The van der Waals surface area contributed by atoms with Crippen LogP contribution >= 0.6 is 11.6 Å². The van der Waals surface area contributed by atoms with Crippen molar-refractivity contribution in [3.63, 3.8) is 0 Å². The molecule has 0 fully saturated rings. The molecule has 0 saturated heterocycles. The first-order chi connectivity index (χ1) is 15.0. The molecule has 1 heterocycles. The highest BCUT2D eigenvalue weighted by Gasteiger charge is 2.15. The van der Waals surface area contributed by atoms with Crippen molar-refractivity contribution < 1.29 is 13.9 Å². The van der Waals surface area contributed by atoms with Crippen molar-refractivity contribution in [3.05, 3.63) is 95.3 Å². The molecule has 4 rings (SSSR count). The molecule has 1 aromatic heterocycles. The molecule has 7 heteroatoms. The van der Waals surface area contributed by atoms with Crippen molar-refractivity contribution in [2.24, 2.45) is 0 Å². The normalized spacial score (nSPS) is 10.5. The van der Waals surface area contributed by atoms with E-state index in [0.717, 1.165) is 11.1 Å². The van der Waals surface area contributed by atoms with Crippen molar-refractivity contribution in [2.45, 2.75) is 0 Å². The van der Waals surface area contributed by atoms with Gasteiger partial charge in [0.15, 0.2) is 0 Å². The van der Waals surface area contributed by atoms with Crippen molar-refractivity contribution in [1.29, 1.82) is 0 Å². The number of hydrogen-bond acceptors (Lipinski definition) is 4. The van der Waals surface area contributed by atoms with E-state index in [9.17, 15) is 9.18 Å². The topological polar surface area (TPSA) is 64.1 Å². The van der Waals surface area contributed by atoms with Crippen LogP contribution in [-0.4, -0.2) is 23.0 Å². The smallest absolute Gasteiger partial charge is 0.260 e. The van der Waals surface area contributed by atoms with E-state index in [2.05, 4.69) is 15.3 Å². The third kappa shape index (κ3) is 4.70. The Kier molecular flexibility index (Phi) is 5.91. The lowest BCUT2D eigenvalue weighted by atomic mass is 10.1. The second-order valence-electron chi connectivity index (χ2n) is 6.63. The minimum Gasteiger partial charge on any atom is -0.497 e. The number of ether oxygens (including phenoxy) is 1. The first-order valence-corrected chi connectivity index (χ1v) is 9.76. The number of aromatic nitrogens is 2. The largest absolute Gasteiger partial charge is 0.497 e. The lowest BCUT2D eigenvalue weighted by Crippen LogP contribution is -2.16. The Morgan fingerprint density at radius 2 is 1.48 bits per heavy atom. The molecule has 0 bridgehead atoms. The van der Waals surface area contributed by atoms with E-state index < -0.39 is 11.7 Å². The molecule has 0 atom stereocenters. The van der Waals surface area contributed by atoms with Gasteiger partial charge in [0.2, 0.25) is 5.95 Å². The molecule has 3 aromatic carbocycles. The number of carbonyl (C=O) groups is 1. The van der Waals surface area contributed by atoms with Gasteiger partial charge in [-0.15, -0.1) is 0 Å². The quantitative estimate of drug-likeness (QED) is 0.428. The molecule has 0 aliphatic rings. The summed E-state index contributed by atoms with van der Waals surface area (Å²) in [5.41, 5.74) is 2.68. The average Bonchev–Trinajstić information content (AvgIpc) is 2.79. The minimum atomic E-state index is -0.632. The Morgan fingerprint density at radius 3 is 2.06 bits per heavy atom. The van der Waals surface area contributed by atoms with E-state index in [1.165, 1.54) is 18.2 Å². The van der Waals surface area contributed by atoms with Crippen molar-refractivity contribution in [3.8, 4) is 28.3 Å². The SMILES string of the molecule is COc1ccc(-c2cc(-c3ccc(Cl)cc3)nc(NC(=O)c3ccccc3F)n2)cc1. The summed E-state index contributed by atoms with van der Waals surface area (Å²) in [5.74, 6) is -0.480. The van der Waals surface area contributed by atoms with Crippen LogP contribution in [0, 0.1) is 5.82 Å². The molecule has 154 valence electrons. The number of nitrogens with zero attached hydrogens (tertiary/aromatic N) is 2. The highest BCUT2D eigenvalue weighted by molar-refractivity contribution is 6.30. The number of anilines is 1. The molecule has 0 aliphatic carbocycles. The zero-order valence-corrected chi connectivity index (χ0v) is 17.2. The van der Waals surface area contributed by atoms with Crippen LogP contribution in [0.25, 0.3) is 22.5 Å². The predicted molar refractivity (Wildman–Crippen MR) is 119 cm³/mol. The summed E-state index contributed by atoms with van der Waals surface area (Å²) in [4.78, 5) is 21.5. The van der Waals surface area contributed by atoms with Gasteiger partial charge in [-0.3, -0.25) is 10.1 Å². The summed E-state index contributed by atoms with van der Waals surface area (Å²) in [6, 6.07) is 22.0. The summed E-state index contributed by atoms with van der Waals surface area (Å²) in [7, 11) is 1.59. The summed E-state index contributed by atoms with van der Waals surface area (Å²) in [6.45, 7) is 0. The number of amides is 1. The Balaban J connectivity index is 1.76. The number of carbonyl (C=O) groups excluding carboxylic acids is 1. The van der Waals surface area contributed by atoms with Crippen LogP contribution in [0.5, 0.6) is 5.75 Å². The number of methoxy groups -OCH3 is 1. The van der Waals surface area contributed by atoms with Gasteiger partial charge in [0.1, 0.15) is 11.6 Å². The Bertz CT molecular complexity index is 1230. The fourth-order valence-electron chi connectivity index (χ4n) is 3.00. The summed E-state index contributed by atoms with van der Waals surface area (Å²) in [6.07, 6.45) is 0. The Labute approximate surface area is 183 Å². The maximum absolute atomic E-state index is 14.0. The summed E-state index contributed by atoms with van der Waals surface area (Å²) < 4.78 is 19.2. The monoisotopic (exact) mass is 433 g/mol. The maximum atomic E-state index is 14.0. The van der Waals surface area contributed by atoms with E-state index in [0.29, 0.717) is 22.2 Å². The van der Waals surface area contributed by atoms with Gasteiger partial charge < -0.3 is 4.74 Å². The molecule has 4 aromatic rings. The van der Waals surface area contributed by atoms with Crippen LogP contribution in [0.4, 0.5) is 10.3 Å². The van der Waals surface area contributed by atoms with Crippen molar-refractivity contribution in [1.82, 2.24) is 9.97 Å². The molecule has 0 aliphatic heterocycles. The van der Waals surface area contributed by atoms with E-state index in [4.69, 9.17) is 16.3 Å². The molecule has 0 saturated carbocycles. The summed E-state index contributed by atoms with van der Waals surface area (Å²) >= 11 is 6.00. The van der Waals surface area contributed by atoms with Crippen LogP contribution in [0.3, 0.4) is 0 Å². The van der Waals surface area contributed by atoms with Gasteiger partial charge in [-0.25, -0.2) is 14.4 Å². The summed E-state index contributed by atoms with van der Waals surface area (Å²) in [5, 5.41) is 3.20. The Morgan fingerprint density at radius 1 is 0.903 bits per heavy atom. The first kappa shape index (κ1) is 20.5. The second kappa shape index (κ2) is 8.93. The number of halogens is 2. The number of hydrogen-bond donors (Lipinski definition) is 1. The lowest BCUT2D eigenvalue weighted by molar-refractivity contribution is 0.102. The van der Waals surface area contributed by atoms with Gasteiger partial charge in [-0.05, 0) is 54.6 Å². The third-order valence-corrected chi connectivity index (χ3v) is 4.85. The molecule has 31 heavy (non-hydrogen) atoms. The van der Waals surface area contributed by atoms with Gasteiger partial charge in [0.05, 0.1) is 24.1 Å². The highest BCUT2D eigenvalue weighted by Crippen LogP contribution is 2.27. The van der Waals surface area contributed by atoms with E-state index in [1.807, 2.05) is 42.5 Å². The number of benzene rings is 3. The van der Waals surface area contributed by atoms with Gasteiger partial charge in [-0.2, -0.15) is 0 Å². The van der Waals surface area contributed by atoms with E-state index >= 15 is 0 Å². The third-order valence-electron chi connectivity index (χ3n) is 4.60. The van der Waals surface area contributed by atoms with E-state index in [1.54, 1.807) is 25.3 Å². The molecule has 0 spiro atoms.